The first-order valence-electron chi connectivity index (χ1n) is 20.4. The van der Waals surface area contributed by atoms with Crippen LogP contribution in [0.4, 0.5) is 49.0 Å². The van der Waals surface area contributed by atoms with Crippen LogP contribution in [0.2, 0.25) is 0 Å². The van der Waals surface area contributed by atoms with Gasteiger partial charge in [0, 0.05) is 70.8 Å². The van der Waals surface area contributed by atoms with Crippen LogP contribution in [0.15, 0.2) is 85.9 Å². The number of fused-ring (bicyclic) bond motifs is 2. The second-order valence-corrected chi connectivity index (χ2v) is 20.5. The molecule has 0 saturated carbocycles. The summed E-state index contributed by atoms with van der Waals surface area (Å²) in [5.74, 6) is -0.355. The minimum atomic E-state index is -4.79. The molecule has 0 atom stereocenters. The molecule has 0 saturated heterocycles. The molecule has 2 aromatic heterocycles. The molecule has 1 aliphatic heterocycles. The molecular formula is C45H42N10O9S4. The first kappa shape index (κ1) is 47.3. The summed E-state index contributed by atoms with van der Waals surface area (Å²) in [6.45, 7) is 13.4. The lowest BCUT2D eigenvalue weighted by atomic mass is 9.93. The molecule has 7 N–H and O–H groups in total. The van der Waals surface area contributed by atoms with Crippen molar-refractivity contribution < 1.29 is 39.9 Å². The fraction of sp³-hybridized carbons (Fsp3) is 0.178. The van der Waals surface area contributed by atoms with Gasteiger partial charge in [-0.25, -0.2) is 4.99 Å². The van der Waals surface area contributed by atoms with Gasteiger partial charge in [-0.15, -0.1) is 20.4 Å². The minimum absolute atomic E-state index is 0.163. The Bertz CT molecular complexity index is 3660. The van der Waals surface area contributed by atoms with Crippen LogP contribution in [0.1, 0.15) is 47.2 Å². The summed E-state index contributed by atoms with van der Waals surface area (Å²) in [4.78, 5) is 27.4. The predicted molar refractivity (Wildman–Crippen MR) is 263 cm³/mol. The van der Waals surface area contributed by atoms with Gasteiger partial charge in [0.05, 0.1) is 11.0 Å². The Labute approximate surface area is 397 Å². The fourth-order valence-corrected chi connectivity index (χ4v) is 11.2. The van der Waals surface area contributed by atoms with Gasteiger partial charge in [0.2, 0.25) is 32.3 Å². The normalized spacial score (nSPS) is 12.1. The van der Waals surface area contributed by atoms with Gasteiger partial charge in [-0.05, 0) is 105 Å². The van der Waals surface area contributed by atoms with E-state index in [9.17, 15) is 35.5 Å². The van der Waals surface area contributed by atoms with Crippen molar-refractivity contribution in [2.24, 2.45) is 4.99 Å². The van der Waals surface area contributed by atoms with E-state index < -0.39 is 20.2 Å². The lowest BCUT2D eigenvalue weighted by Gasteiger charge is -2.20. The van der Waals surface area contributed by atoms with Crippen molar-refractivity contribution in [1.82, 2.24) is 20.4 Å². The zero-order chi connectivity index (χ0) is 49.0. The van der Waals surface area contributed by atoms with Gasteiger partial charge in [-0.3, -0.25) is 18.7 Å². The summed E-state index contributed by atoms with van der Waals surface area (Å²) in [6, 6.07) is 18.4. The lowest BCUT2D eigenvalue weighted by Crippen LogP contribution is -2.10. The van der Waals surface area contributed by atoms with E-state index in [1.54, 1.807) is 49.4 Å². The molecular weight excluding hydrogens is 953 g/mol. The van der Waals surface area contributed by atoms with Gasteiger partial charge in [0.1, 0.15) is 21.1 Å². The highest BCUT2D eigenvalue weighted by molar-refractivity contribution is 7.86. The molecule has 2 amide bonds. The van der Waals surface area contributed by atoms with Gasteiger partial charge in [-0.2, -0.15) is 16.8 Å². The molecule has 19 nitrogen and oxygen atoms in total. The molecule has 0 bridgehead atoms. The standard InChI is InChI=1S/C45H42N10O9S4/c1-20-17-21(2)38(50-44-54-52-42(65-44)46-26(7)56)22(3)37(20)48-28-13-15-30-33(18-28)64-34-19-29(14-16-31(34)36(30)32-11-9-10-12-35(32)67(58,59)60)49-39-23(4)40(25(6)41(24(39)5)68(61,62)63)51-45-55-53-43(66-45)47-27(8)57/h9-19,48H,1-8H3,(H,50,54)(H,51,55)(H,46,52,56)(H,47,53,57)(H,58,59,60)(H,61,62,63). The Kier molecular flexibility index (Phi) is 12.6. The maximum Gasteiger partial charge on any atom is 0.295 e. The Hall–Kier alpha value is -7.15. The number of benzene rings is 5. The Morgan fingerprint density at radius 1 is 0.618 bits per heavy atom. The molecule has 4 aromatic carbocycles. The van der Waals surface area contributed by atoms with E-state index in [0.717, 1.165) is 39.4 Å². The number of nitrogens with one attached hydrogen (secondary N) is 5. The molecule has 0 radical (unpaired) electrons. The van der Waals surface area contributed by atoms with Crippen LogP contribution in [0.5, 0.6) is 0 Å². The molecule has 68 heavy (non-hydrogen) atoms. The summed E-state index contributed by atoms with van der Waals surface area (Å²) in [5.41, 5.74) is 7.71. The molecule has 8 rings (SSSR count). The number of nitrogens with zero attached hydrogens (tertiary/aromatic N) is 5. The number of amides is 2. The maximum atomic E-state index is 12.9. The molecule has 350 valence electrons. The minimum Gasteiger partial charge on any atom is -0.456 e. The average molecular weight is 995 g/mol. The number of rotatable bonds is 12. The molecule has 1 aliphatic carbocycles. The Morgan fingerprint density at radius 3 is 1.81 bits per heavy atom. The smallest absolute Gasteiger partial charge is 0.295 e. The van der Waals surface area contributed by atoms with Crippen molar-refractivity contribution >= 4 is 115 Å². The van der Waals surface area contributed by atoms with Gasteiger partial charge in [-0.1, -0.05) is 46.9 Å². The van der Waals surface area contributed by atoms with Crippen LogP contribution in [-0.4, -0.2) is 58.2 Å². The van der Waals surface area contributed by atoms with Crippen LogP contribution < -0.4 is 31.9 Å². The first-order valence-corrected chi connectivity index (χ1v) is 25.0. The van der Waals surface area contributed by atoms with Crippen molar-refractivity contribution in [2.75, 3.05) is 26.6 Å². The molecule has 23 heteroatoms. The van der Waals surface area contributed by atoms with Crippen LogP contribution in [-0.2, 0) is 29.8 Å². The van der Waals surface area contributed by atoms with Crippen LogP contribution in [0.25, 0.3) is 33.4 Å². The van der Waals surface area contributed by atoms with E-state index in [-0.39, 0.29) is 65.7 Å². The third kappa shape index (κ3) is 9.52. The van der Waals surface area contributed by atoms with E-state index >= 15 is 0 Å². The largest absolute Gasteiger partial charge is 0.456 e. The number of carbonyl (C=O) groups excluding carboxylic acids is 2. The lowest BCUT2D eigenvalue weighted by molar-refractivity contribution is -0.115. The summed E-state index contributed by atoms with van der Waals surface area (Å²) < 4.78 is 79.1. The van der Waals surface area contributed by atoms with Crippen molar-refractivity contribution in [2.45, 2.75) is 65.2 Å². The third-order valence-electron chi connectivity index (χ3n) is 10.9. The number of anilines is 8. The number of hydrogen-bond donors (Lipinski definition) is 7. The number of hydrogen-bond acceptors (Lipinski definition) is 17. The molecule has 2 aliphatic rings. The highest BCUT2D eigenvalue weighted by Gasteiger charge is 2.27. The van der Waals surface area contributed by atoms with Crippen molar-refractivity contribution in [3.63, 3.8) is 0 Å². The first-order chi connectivity index (χ1) is 32.1. The van der Waals surface area contributed by atoms with Crippen LogP contribution >= 0.6 is 22.7 Å². The molecule has 0 spiro atoms. The summed E-state index contributed by atoms with van der Waals surface area (Å²) in [6.07, 6.45) is 0. The summed E-state index contributed by atoms with van der Waals surface area (Å²) >= 11 is 2.20. The van der Waals surface area contributed by atoms with Crippen LogP contribution in [0, 0.1) is 41.5 Å². The molecule has 6 aromatic rings. The zero-order valence-corrected chi connectivity index (χ0v) is 40.7. The van der Waals surface area contributed by atoms with Crippen molar-refractivity contribution in [1.29, 1.82) is 0 Å². The Morgan fingerprint density at radius 2 is 1.21 bits per heavy atom. The van der Waals surface area contributed by atoms with E-state index in [1.165, 1.54) is 51.2 Å². The highest BCUT2D eigenvalue weighted by atomic mass is 32.2. The number of carbonyl (C=O) groups is 2. The van der Waals surface area contributed by atoms with E-state index in [1.807, 2.05) is 32.9 Å². The zero-order valence-electron chi connectivity index (χ0n) is 37.5. The molecule has 0 fully saturated rings. The van der Waals surface area contributed by atoms with Crippen molar-refractivity contribution in [3.8, 4) is 22.5 Å². The van der Waals surface area contributed by atoms with Gasteiger partial charge in [0.25, 0.3) is 20.2 Å². The number of aromatic nitrogens is 4. The Balaban J connectivity index is 1.29. The molecule has 3 heterocycles. The average Bonchev–Trinajstić information content (AvgIpc) is 3.90. The quantitative estimate of drug-likeness (QED) is 0.0443. The summed E-state index contributed by atoms with van der Waals surface area (Å²) in [5, 5.41) is 33.5. The van der Waals surface area contributed by atoms with Crippen molar-refractivity contribution in [3.05, 3.63) is 105 Å². The molecule has 0 unspecified atom stereocenters. The van der Waals surface area contributed by atoms with Gasteiger partial charge < -0.3 is 31.0 Å². The van der Waals surface area contributed by atoms with Gasteiger partial charge in [0.15, 0.2) is 0 Å². The second kappa shape index (κ2) is 18.2. The van der Waals surface area contributed by atoms with E-state index in [0.29, 0.717) is 49.0 Å². The second-order valence-electron chi connectivity index (χ2n) is 15.8. The monoisotopic (exact) mass is 994 g/mol. The van der Waals surface area contributed by atoms with E-state index in [4.69, 9.17) is 9.41 Å². The van der Waals surface area contributed by atoms with Crippen LogP contribution in [0.3, 0.4) is 0 Å². The topological polar surface area (TPSA) is 280 Å². The van der Waals surface area contributed by atoms with Gasteiger partial charge >= 0.3 is 0 Å². The predicted octanol–water partition coefficient (Wildman–Crippen LogP) is 9.63. The van der Waals surface area contributed by atoms with E-state index in [2.05, 4.69) is 47.0 Å². The summed E-state index contributed by atoms with van der Waals surface area (Å²) in [7, 11) is -9.51. The fourth-order valence-electron chi connectivity index (χ4n) is 8.15. The SMILES string of the molecule is CC(=O)Nc1nnc(Nc2c(C)cc(C)c(Nc3ccc4c(-c5ccccc5S(=O)(=O)O)c5ccc(=Nc6c(C)c(Nc7nnc(NC(C)=O)s7)c(C)c(S(=O)(=O)O)c6C)cc-5oc4c3)c2C)s1. The highest BCUT2D eigenvalue weighted by Crippen LogP contribution is 2.45. The third-order valence-corrected chi connectivity index (χ3v) is 14.4. The maximum absolute atomic E-state index is 12.9. The number of aryl methyl sites for hydroxylation is 2.